The summed E-state index contributed by atoms with van der Waals surface area (Å²) in [7, 11) is 0. The molecule has 0 saturated carbocycles. The highest BCUT2D eigenvalue weighted by atomic mass is 16.3. The second-order valence-corrected chi connectivity index (χ2v) is 4.94. The first kappa shape index (κ1) is 15.9. The van der Waals surface area contributed by atoms with Gasteiger partial charge in [0, 0.05) is 19.6 Å². The maximum Gasteiger partial charge on any atom is 0.0558 e. The van der Waals surface area contributed by atoms with Crippen molar-refractivity contribution >= 4 is 0 Å². The van der Waals surface area contributed by atoms with Crippen molar-refractivity contribution in [2.75, 3.05) is 39.3 Å². The van der Waals surface area contributed by atoms with Gasteiger partial charge < -0.3 is 15.3 Å². The number of rotatable bonds is 10. The predicted molar refractivity (Wildman–Crippen MR) is 70.8 cm³/mol. The van der Waals surface area contributed by atoms with E-state index in [9.17, 15) is 0 Å². The van der Waals surface area contributed by atoms with Crippen LogP contribution in [0.1, 0.15) is 40.5 Å². The first-order valence-corrected chi connectivity index (χ1v) is 6.65. The zero-order valence-corrected chi connectivity index (χ0v) is 11.6. The summed E-state index contributed by atoms with van der Waals surface area (Å²) in [4.78, 5) is 2.38. The molecule has 1 unspecified atom stereocenters. The molecule has 0 rings (SSSR count). The molecule has 3 nitrogen and oxygen atoms in total. The van der Waals surface area contributed by atoms with E-state index in [0.717, 1.165) is 39.1 Å². The molecule has 2 N–H and O–H groups in total. The molecule has 0 aromatic carbocycles. The predicted octanol–water partition coefficient (Wildman–Crippen LogP) is 1.72. The summed E-state index contributed by atoms with van der Waals surface area (Å²) in [5.74, 6) is 0. The molecule has 3 heteroatoms. The zero-order chi connectivity index (χ0) is 12.4. The quantitative estimate of drug-likeness (QED) is 0.600. The van der Waals surface area contributed by atoms with E-state index in [1.54, 1.807) is 0 Å². The maximum absolute atomic E-state index is 9.05. The van der Waals surface area contributed by atoms with E-state index in [2.05, 4.69) is 37.9 Å². The minimum Gasteiger partial charge on any atom is -0.395 e. The van der Waals surface area contributed by atoms with Gasteiger partial charge in [-0.1, -0.05) is 27.7 Å². The van der Waals surface area contributed by atoms with E-state index in [1.807, 2.05) is 0 Å². The highest BCUT2D eigenvalue weighted by Gasteiger charge is 2.24. The summed E-state index contributed by atoms with van der Waals surface area (Å²) in [5, 5.41) is 12.5. The molecule has 0 radical (unpaired) electrons. The standard InChI is InChI=1S/C13H30N2O/c1-5-8-15(9-10-16)12-13(4,6-2)11-14-7-3/h14,16H,5-12H2,1-4H3. The van der Waals surface area contributed by atoms with Crippen LogP contribution >= 0.6 is 0 Å². The molecule has 0 fully saturated rings. The fourth-order valence-corrected chi connectivity index (χ4v) is 1.99. The van der Waals surface area contributed by atoms with Crippen LogP contribution in [0.5, 0.6) is 0 Å². The van der Waals surface area contributed by atoms with Gasteiger partial charge in [-0.25, -0.2) is 0 Å². The Morgan fingerprint density at radius 2 is 1.88 bits per heavy atom. The molecule has 0 aromatic rings. The molecule has 0 spiro atoms. The number of aliphatic hydroxyl groups is 1. The van der Waals surface area contributed by atoms with Gasteiger partial charge in [0.05, 0.1) is 6.61 Å². The molecule has 0 saturated heterocycles. The fourth-order valence-electron chi connectivity index (χ4n) is 1.99. The van der Waals surface area contributed by atoms with Crippen molar-refractivity contribution in [3.63, 3.8) is 0 Å². The Balaban J connectivity index is 4.21. The van der Waals surface area contributed by atoms with Crippen molar-refractivity contribution < 1.29 is 5.11 Å². The monoisotopic (exact) mass is 230 g/mol. The van der Waals surface area contributed by atoms with Gasteiger partial charge in [0.1, 0.15) is 0 Å². The smallest absolute Gasteiger partial charge is 0.0558 e. The first-order valence-electron chi connectivity index (χ1n) is 6.65. The second-order valence-electron chi connectivity index (χ2n) is 4.94. The van der Waals surface area contributed by atoms with Crippen molar-refractivity contribution in [1.82, 2.24) is 10.2 Å². The Hall–Kier alpha value is -0.120. The maximum atomic E-state index is 9.05. The molecule has 0 bridgehead atoms. The van der Waals surface area contributed by atoms with Gasteiger partial charge in [-0.3, -0.25) is 0 Å². The second kappa shape index (κ2) is 8.97. The van der Waals surface area contributed by atoms with Crippen LogP contribution < -0.4 is 5.32 Å². The van der Waals surface area contributed by atoms with E-state index in [0.29, 0.717) is 5.41 Å². The van der Waals surface area contributed by atoms with Gasteiger partial charge in [-0.05, 0) is 31.3 Å². The van der Waals surface area contributed by atoms with E-state index >= 15 is 0 Å². The van der Waals surface area contributed by atoms with Crippen LogP contribution in [0.15, 0.2) is 0 Å². The summed E-state index contributed by atoms with van der Waals surface area (Å²) in [6.45, 7) is 14.2. The van der Waals surface area contributed by atoms with Crippen molar-refractivity contribution in [3.8, 4) is 0 Å². The Morgan fingerprint density at radius 1 is 1.19 bits per heavy atom. The van der Waals surface area contributed by atoms with Gasteiger partial charge in [0.15, 0.2) is 0 Å². The number of aliphatic hydroxyl groups excluding tert-OH is 1. The van der Waals surface area contributed by atoms with E-state index in [-0.39, 0.29) is 6.61 Å². The van der Waals surface area contributed by atoms with Gasteiger partial charge in [0.25, 0.3) is 0 Å². The van der Waals surface area contributed by atoms with Crippen LogP contribution in [-0.4, -0.2) is 49.3 Å². The molecule has 0 aliphatic carbocycles. The third kappa shape index (κ3) is 6.46. The largest absolute Gasteiger partial charge is 0.395 e. The summed E-state index contributed by atoms with van der Waals surface area (Å²) in [6, 6.07) is 0. The topological polar surface area (TPSA) is 35.5 Å². The molecule has 16 heavy (non-hydrogen) atoms. The minimum atomic E-state index is 0.265. The first-order chi connectivity index (χ1) is 7.61. The van der Waals surface area contributed by atoms with E-state index in [4.69, 9.17) is 5.11 Å². The van der Waals surface area contributed by atoms with Crippen LogP contribution in [0.3, 0.4) is 0 Å². The molecule has 0 aromatic heterocycles. The molecular weight excluding hydrogens is 200 g/mol. The van der Waals surface area contributed by atoms with Crippen LogP contribution in [0.2, 0.25) is 0 Å². The lowest BCUT2D eigenvalue weighted by molar-refractivity contribution is 0.129. The number of nitrogens with zero attached hydrogens (tertiary/aromatic N) is 1. The van der Waals surface area contributed by atoms with Crippen molar-refractivity contribution in [3.05, 3.63) is 0 Å². The SMILES string of the molecule is CCCN(CCO)CC(C)(CC)CNCC. The summed E-state index contributed by atoms with van der Waals surface area (Å²) >= 11 is 0. The van der Waals surface area contributed by atoms with Gasteiger partial charge >= 0.3 is 0 Å². The minimum absolute atomic E-state index is 0.265. The summed E-state index contributed by atoms with van der Waals surface area (Å²) < 4.78 is 0. The molecule has 0 aliphatic heterocycles. The Morgan fingerprint density at radius 3 is 2.31 bits per heavy atom. The summed E-state index contributed by atoms with van der Waals surface area (Å²) in [6.07, 6.45) is 2.33. The van der Waals surface area contributed by atoms with Crippen LogP contribution in [0, 0.1) is 5.41 Å². The highest BCUT2D eigenvalue weighted by Crippen LogP contribution is 2.21. The molecular formula is C13H30N2O. The average molecular weight is 230 g/mol. The molecule has 0 amide bonds. The van der Waals surface area contributed by atoms with Crippen molar-refractivity contribution in [2.24, 2.45) is 5.41 Å². The number of hydrogen-bond acceptors (Lipinski definition) is 3. The van der Waals surface area contributed by atoms with Crippen LogP contribution in [-0.2, 0) is 0 Å². The van der Waals surface area contributed by atoms with Crippen molar-refractivity contribution in [2.45, 2.75) is 40.5 Å². The summed E-state index contributed by atoms with van der Waals surface area (Å²) in [5.41, 5.74) is 0.320. The normalized spacial score (nSPS) is 15.4. The van der Waals surface area contributed by atoms with Crippen molar-refractivity contribution in [1.29, 1.82) is 0 Å². The zero-order valence-electron chi connectivity index (χ0n) is 11.6. The lowest BCUT2D eigenvalue weighted by atomic mass is 9.86. The third-order valence-corrected chi connectivity index (χ3v) is 3.22. The average Bonchev–Trinajstić information content (AvgIpc) is 2.27. The van der Waals surface area contributed by atoms with Gasteiger partial charge in [-0.2, -0.15) is 0 Å². The van der Waals surface area contributed by atoms with E-state index in [1.165, 1.54) is 6.42 Å². The molecule has 98 valence electrons. The van der Waals surface area contributed by atoms with Crippen LogP contribution in [0.25, 0.3) is 0 Å². The van der Waals surface area contributed by atoms with Gasteiger partial charge in [0.2, 0.25) is 0 Å². The molecule has 0 aliphatic rings. The number of hydrogen-bond donors (Lipinski definition) is 2. The molecule has 0 heterocycles. The third-order valence-electron chi connectivity index (χ3n) is 3.22. The van der Waals surface area contributed by atoms with E-state index < -0.39 is 0 Å². The lowest BCUT2D eigenvalue weighted by Gasteiger charge is -2.35. The Labute approximate surface area is 101 Å². The van der Waals surface area contributed by atoms with Crippen LogP contribution in [0.4, 0.5) is 0 Å². The fraction of sp³-hybridized carbons (Fsp3) is 1.00. The van der Waals surface area contributed by atoms with Gasteiger partial charge in [-0.15, -0.1) is 0 Å². The highest BCUT2D eigenvalue weighted by molar-refractivity contribution is 4.79. The number of nitrogens with one attached hydrogen (secondary N) is 1. The molecule has 1 atom stereocenters. The Bertz CT molecular complexity index is 158. The Kier molecular flexibility index (Phi) is 8.90. The lowest BCUT2D eigenvalue weighted by Crippen LogP contribution is -2.43.